The Morgan fingerprint density at radius 2 is 1.62 bits per heavy atom. The number of phosphoric acid groups is 1. The summed E-state index contributed by atoms with van der Waals surface area (Å²) in [5, 5.41) is 0. The molecule has 0 bridgehead atoms. The van der Waals surface area contributed by atoms with Crippen LogP contribution in [0.5, 0.6) is 0 Å². The number of rotatable bonds is 1. The van der Waals surface area contributed by atoms with Crippen molar-refractivity contribution >= 4 is 101 Å². The predicted molar refractivity (Wildman–Crippen MR) is 37.4 cm³/mol. The van der Waals surface area contributed by atoms with E-state index in [0.717, 1.165) is 8.05 Å². The van der Waals surface area contributed by atoms with Crippen molar-refractivity contribution in [3.63, 3.8) is 0 Å². The molecule has 0 atom stereocenters. The maximum atomic E-state index is 9.47. The standard InChI is InChI=1S/BH4O4P.Pb.Rb.3H/c1-5-6(2,3)4;;;;;/h1H2,(H2,2,3,4);;;;;. The molecule has 0 aliphatic carbocycles. The number of hydrogen-bond acceptors (Lipinski definition) is 2. The van der Waals surface area contributed by atoms with Gasteiger partial charge in [0.05, 0.1) is 0 Å². The van der Waals surface area contributed by atoms with Gasteiger partial charge in [0.2, 0.25) is 0 Å². The normalized spacial score (nSPS) is 8.75. The summed E-state index contributed by atoms with van der Waals surface area (Å²) in [6, 6.07) is 0. The predicted octanol–water partition coefficient (Wildman–Crippen LogP) is -2.92. The van der Waals surface area contributed by atoms with E-state index in [9.17, 15) is 4.57 Å². The first-order chi connectivity index (χ1) is 2.56. The van der Waals surface area contributed by atoms with Crippen LogP contribution in [0.3, 0.4) is 0 Å². The van der Waals surface area contributed by atoms with E-state index in [4.69, 9.17) is 9.79 Å². The molecule has 0 aliphatic heterocycles. The van der Waals surface area contributed by atoms with Gasteiger partial charge in [0, 0.05) is 0 Å². The van der Waals surface area contributed by atoms with Crippen LogP contribution in [0.4, 0.5) is 0 Å². The molecule has 0 rings (SSSR count). The molecule has 0 aromatic heterocycles. The average molecular weight is 406 g/mol. The van der Waals surface area contributed by atoms with Crippen molar-refractivity contribution in [2.24, 2.45) is 0 Å². The number of hydrogen-bond donors (Lipinski definition) is 2. The zero-order valence-electron chi connectivity index (χ0n) is 3.87. The van der Waals surface area contributed by atoms with Crippen LogP contribution in [0, 0.1) is 0 Å². The molecule has 4 nitrogen and oxygen atoms in total. The monoisotopic (exact) mass is 406 g/mol. The van der Waals surface area contributed by atoms with Gasteiger partial charge in [-0.25, -0.2) is 4.57 Å². The summed E-state index contributed by atoms with van der Waals surface area (Å²) in [4.78, 5) is 15.4. The molecular formula is H7BO4PPbRb. The van der Waals surface area contributed by atoms with Gasteiger partial charge < -0.3 is 14.2 Å². The first kappa shape index (κ1) is 17.1. The Kier molecular flexibility index (Phi) is 17.1. The maximum absolute atomic E-state index is 9.47. The minimum absolute atomic E-state index is 0. The first-order valence-electron chi connectivity index (χ1n) is 1.17. The fraction of sp³-hybridized carbons (Fsp3) is 0. The summed E-state index contributed by atoms with van der Waals surface area (Å²) >= 11 is 0. The van der Waals surface area contributed by atoms with E-state index in [2.05, 4.69) is 4.44 Å². The second-order valence-electron chi connectivity index (χ2n) is 0.673. The summed E-state index contributed by atoms with van der Waals surface area (Å²) in [5.74, 6) is 0. The van der Waals surface area contributed by atoms with Crippen LogP contribution in [-0.2, 0) is 9.01 Å². The third-order valence-corrected chi connectivity index (χ3v) is 0.714. The summed E-state index contributed by atoms with van der Waals surface area (Å²) < 4.78 is 13.1. The van der Waals surface area contributed by atoms with E-state index in [-0.39, 0.29) is 85.5 Å². The van der Waals surface area contributed by atoms with Gasteiger partial charge in [0.1, 0.15) is 0 Å². The van der Waals surface area contributed by atoms with Gasteiger partial charge in [-0.05, 0) is 0 Å². The fourth-order valence-corrected chi connectivity index (χ4v) is 0. The molecule has 44 valence electrons. The zero-order valence-corrected chi connectivity index (χ0v) is 10.3. The van der Waals surface area contributed by atoms with Gasteiger partial charge in [-0.2, -0.15) is 0 Å². The van der Waals surface area contributed by atoms with Gasteiger partial charge in [-0.1, -0.05) is 0 Å². The summed E-state index contributed by atoms with van der Waals surface area (Å²) in [6.45, 7) is 0. The Morgan fingerprint density at radius 1 is 1.50 bits per heavy atom. The fourth-order valence-electron chi connectivity index (χ4n) is 0. The van der Waals surface area contributed by atoms with Crippen LogP contribution in [0.25, 0.3) is 0 Å². The second-order valence-corrected chi connectivity index (χ2v) is 2.02. The van der Waals surface area contributed by atoms with Crippen LogP contribution in [0.2, 0.25) is 0 Å². The van der Waals surface area contributed by atoms with Gasteiger partial charge in [-0.15, -0.1) is 0 Å². The van der Waals surface area contributed by atoms with Crippen molar-refractivity contribution in [1.29, 1.82) is 0 Å². The summed E-state index contributed by atoms with van der Waals surface area (Å²) in [5.41, 5.74) is 0. The SMILES string of the molecule is BOP(=O)(O)O.[PbH2].[RbH]. The molecule has 0 spiro atoms. The van der Waals surface area contributed by atoms with E-state index < -0.39 is 7.82 Å². The zero-order chi connectivity index (χ0) is 5.21. The average Bonchev–Trinajstić information content (AvgIpc) is 1.35. The Balaban J connectivity index is -0.000000125. The second kappa shape index (κ2) is 8.00. The van der Waals surface area contributed by atoms with E-state index in [0.29, 0.717) is 0 Å². The molecule has 0 aromatic rings. The van der Waals surface area contributed by atoms with Gasteiger partial charge in [-0.3, -0.25) is 0 Å². The molecule has 2 N–H and O–H groups in total. The van der Waals surface area contributed by atoms with Gasteiger partial charge in [0.25, 0.3) is 8.05 Å². The Bertz CT molecular complexity index is 80.1. The van der Waals surface area contributed by atoms with Gasteiger partial charge in [0.15, 0.2) is 0 Å². The Morgan fingerprint density at radius 3 is 1.62 bits per heavy atom. The van der Waals surface area contributed by atoms with Crippen molar-refractivity contribution in [2.75, 3.05) is 0 Å². The molecule has 0 saturated heterocycles. The van der Waals surface area contributed by atoms with Crippen LogP contribution in [0.1, 0.15) is 0 Å². The van der Waals surface area contributed by atoms with E-state index >= 15 is 0 Å². The van der Waals surface area contributed by atoms with E-state index in [1.165, 1.54) is 0 Å². The first-order valence-corrected chi connectivity index (χ1v) is 2.70. The minimum atomic E-state index is -4.15. The summed E-state index contributed by atoms with van der Waals surface area (Å²) in [6.07, 6.45) is 0. The molecule has 0 aliphatic rings. The third-order valence-electron chi connectivity index (χ3n) is 0.238. The molecule has 0 saturated carbocycles. The molecular weight excluding hydrogens is 398 g/mol. The van der Waals surface area contributed by atoms with Crippen molar-refractivity contribution in [3.05, 3.63) is 0 Å². The molecule has 8 heavy (non-hydrogen) atoms. The molecule has 0 amide bonds. The van der Waals surface area contributed by atoms with Crippen molar-refractivity contribution < 1.29 is 18.8 Å². The molecule has 0 heterocycles. The van der Waals surface area contributed by atoms with Crippen LogP contribution < -0.4 is 0 Å². The van der Waals surface area contributed by atoms with Gasteiger partial charge >= 0.3 is 93.3 Å². The van der Waals surface area contributed by atoms with E-state index in [1.54, 1.807) is 0 Å². The molecule has 8 heteroatoms. The van der Waals surface area contributed by atoms with E-state index in [1.807, 2.05) is 0 Å². The van der Waals surface area contributed by atoms with Crippen molar-refractivity contribution in [1.82, 2.24) is 0 Å². The quantitative estimate of drug-likeness (QED) is 0.362. The van der Waals surface area contributed by atoms with Crippen LogP contribution >= 0.6 is 7.82 Å². The topological polar surface area (TPSA) is 66.8 Å². The molecule has 0 fully saturated rings. The van der Waals surface area contributed by atoms with Crippen molar-refractivity contribution in [3.8, 4) is 0 Å². The van der Waals surface area contributed by atoms with Crippen molar-refractivity contribution in [2.45, 2.75) is 0 Å². The third kappa shape index (κ3) is 16.0. The molecule has 0 unspecified atom stereocenters. The van der Waals surface area contributed by atoms with Crippen LogP contribution in [0.15, 0.2) is 0 Å². The summed E-state index contributed by atoms with van der Waals surface area (Å²) in [7, 11) is -3.20. The Labute approximate surface area is 117 Å². The van der Waals surface area contributed by atoms with Crippen LogP contribution in [-0.4, -0.2) is 103 Å². The Hall–Kier alpha value is 2.90. The molecule has 2 radical (unpaired) electrons. The molecule has 0 aromatic carbocycles.